The number of hydrogen-bond donors (Lipinski definition) is 2. The third kappa shape index (κ3) is 3.64. The number of aliphatic carboxylic acids is 1. The van der Waals surface area contributed by atoms with Gasteiger partial charge in [-0.25, -0.2) is 0 Å². The van der Waals surface area contributed by atoms with E-state index >= 15 is 0 Å². The number of rotatable bonds is 4. The van der Waals surface area contributed by atoms with Crippen molar-refractivity contribution in [3.63, 3.8) is 0 Å². The fourth-order valence-electron chi connectivity index (χ4n) is 0.405. The van der Waals surface area contributed by atoms with Crippen LogP contribution >= 0.6 is 7.95 Å². The second kappa shape index (κ2) is 4.47. The highest BCUT2D eigenvalue weighted by Gasteiger charge is 2.10. The summed E-state index contributed by atoms with van der Waals surface area (Å²) in [6, 6.07) is -0.702. The van der Waals surface area contributed by atoms with Gasteiger partial charge in [-0.3, -0.25) is 9.88 Å². The molecular weight excluding hydrogens is 153 g/mol. The molecule has 0 aromatic rings. The minimum atomic E-state index is -1.85. The van der Waals surface area contributed by atoms with E-state index in [2.05, 4.69) is 5.09 Å². The molecule has 0 saturated heterocycles. The van der Waals surface area contributed by atoms with Gasteiger partial charge in [-0.15, -0.1) is 0 Å². The summed E-state index contributed by atoms with van der Waals surface area (Å²) < 4.78 is 10.7. The monoisotopic (exact) mass is 165 g/mol. The first-order valence-corrected chi connectivity index (χ1v) is 4.71. The van der Waals surface area contributed by atoms with E-state index in [1.165, 1.54) is 6.92 Å². The van der Waals surface area contributed by atoms with Crippen LogP contribution in [-0.4, -0.2) is 23.3 Å². The second-order valence-corrected chi connectivity index (χ2v) is 3.82. The Balaban J connectivity index is 3.68. The molecule has 0 bridgehead atoms. The van der Waals surface area contributed by atoms with Crippen LogP contribution in [0.2, 0.25) is 0 Å². The van der Waals surface area contributed by atoms with E-state index < -0.39 is 20.0 Å². The van der Waals surface area contributed by atoms with E-state index in [1.807, 2.05) is 0 Å². The third-order valence-corrected chi connectivity index (χ3v) is 2.47. The first-order chi connectivity index (χ1) is 4.57. The molecule has 0 aromatic heterocycles. The molecule has 2 atom stereocenters. The summed E-state index contributed by atoms with van der Waals surface area (Å²) in [6.07, 6.45) is 0.502. The third-order valence-electron chi connectivity index (χ3n) is 1.07. The molecule has 0 amide bonds. The molecule has 0 aliphatic heterocycles. The minimum Gasteiger partial charge on any atom is -0.480 e. The van der Waals surface area contributed by atoms with Gasteiger partial charge < -0.3 is 9.67 Å². The lowest BCUT2D eigenvalue weighted by Gasteiger charge is -2.06. The molecule has 4 nitrogen and oxygen atoms in total. The average Bonchev–Trinajstić information content (AvgIpc) is 1.87. The molecule has 60 valence electrons. The molecule has 0 spiro atoms. The highest BCUT2D eigenvalue weighted by Crippen LogP contribution is 2.13. The summed E-state index contributed by atoms with van der Waals surface area (Å²) in [6.45, 7) is 3.23. The highest BCUT2D eigenvalue weighted by atomic mass is 31.1. The van der Waals surface area contributed by atoms with E-state index in [0.29, 0.717) is 6.16 Å². The van der Waals surface area contributed by atoms with Gasteiger partial charge in [-0.1, -0.05) is 6.92 Å². The van der Waals surface area contributed by atoms with E-state index in [-0.39, 0.29) is 0 Å². The summed E-state index contributed by atoms with van der Waals surface area (Å²) in [7, 11) is -1.85. The van der Waals surface area contributed by atoms with Crippen LogP contribution < -0.4 is 5.09 Å². The van der Waals surface area contributed by atoms with Crippen molar-refractivity contribution in [1.82, 2.24) is 5.09 Å². The van der Waals surface area contributed by atoms with E-state index in [1.54, 1.807) is 6.92 Å². The zero-order valence-electron chi connectivity index (χ0n) is 6.05. The molecule has 0 aromatic carbocycles. The smallest absolute Gasteiger partial charge is 0.320 e. The molecule has 5 heteroatoms. The number of carboxylic acids is 1. The molecule has 0 radical (unpaired) electrons. The van der Waals surface area contributed by atoms with Crippen molar-refractivity contribution >= 4 is 13.9 Å². The summed E-state index contributed by atoms with van der Waals surface area (Å²) in [5.41, 5.74) is 0. The molecule has 0 aliphatic rings. The number of carbonyl (C=O) groups is 1. The van der Waals surface area contributed by atoms with Gasteiger partial charge in [0.2, 0.25) is 0 Å². The standard InChI is InChI=1S/C5H12NO3P/c1-3-10(9)6-4(2)5(7)8/h4,10H,3H2,1-2H3,(H,6,9)(H,7,8)/t4-/m1/s1. The van der Waals surface area contributed by atoms with Gasteiger partial charge in [0.25, 0.3) is 0 Å². The van der Waals surface area contributed by atoms with Gasteiger partial charge in [0.15, 0.2) is 0 Å². The van der Waals surface area contributed by atoms with Gasteiger partial charge in [-0.05, 0) is 6.92 Å². The van der Waals surface area contributed by atoms with Gasteiger partial charge in [0.1, 0.15) is 14.0 Å². The van der Waals surface area contributed by atoms with Crippen molar-refractivity contribution in [2.75, 3.05) is 6.16 Å². The lowest BCUT2D eigenvalue weighted by molar-refractivity contribution is -0.138. The molecular formula is C5H12NO3P. The van der Waals surface area contributed by atoms with Crippen molar-refractivity contribution in [3.8, 4) is 0 Å². The van der Waals surface area contributed by atoms with Crippen LogP contribution in [0.25, 0.3) is 0 Å². The van der Waals surface area contributed by atoms with Crippen LogP contribution in [0.3, 0.4) is 0 Å². The molecule has 0 fully saturated rings. The van der Waals surface area contributed by atoms with Gasteiger partial charge >= 0.3 is 5.97 Å². The minimum absolute atomic E-state index is 0.502. The molecule has 2 N–H and O–H groups in total. The number of carboxylic acid groups (broad SMARTS) is 1. The molecule has 0 rings (SSSR count). The molecule has 10 heavy (non-hydrogen) atoms. The summed E-state index contributed by atoms with van der Waals surface area (Å²) in [5.74, 6) is -0.966. The van der Waals surface area contributed by atoms with Crippen LogP contribution in [0.5, 0.6) is 0 Å². The Morgan fingerprint density at radius 1 is 1.80 bits per heavy atom. The van der Waals surface area contributed by atoms with E-state index in [9.17, 15) is 9.36 Å². The van der Waals surface area contributed by atoms with Crippen molar-refractivity contribution in [2.45, 2.75) is 19.9 Å². The Hall–Kier alpha value is -0.340. The largest absolute Gasteiger partial charge is 0.480 e. The van der Waals surface area contributed by atoms with Crippen molar-refractivity contribution < 1.29 is 14.5 Å². The Bertz CT molecular complexity index is 148. The van der Waals surface area contributed by atoms with Gasteiger partial charge in [0, 0.05) is 6.16 Å². The SMILES string of the molecule is CC[PH](=O)N[C@H](C)C(=O)O. The fraction of sp³-hybridized carbons (Fsp3) is 0.800. The zero-order valence-corrected chi connectivity index (χ0v) is 7.05. The van der Waals surface area contributed by atoms with Crippen molar-refractivity contribution in [1.29, 1.82) is 0 Å². The average molecular weight is 165 g/mol. The van der Waals surface area contributed by atoms with Crippen molar-refractivity contribution in [3.05, 3.63) is 0 Å². The lowest BCUT2D eigenvalue weighted by atomic mass is 10.4. The highest BCUT2D eigenvalue weighted by molar-refractivity contribution is 7.42. The van der Waals surface area contributed by atoms with E-state index in [0.717, 1.165) is 0 Å². The zero-order chi connectivity index (χ0) is 8.15. The molecule has 0 heterocycles. The van der Waals surface area contributed by atoms with Crippen LogP contribution in [0.4, 0.5) is 0 Å². The molecule has 0 saturated carbocycles. The Kier molecular flexibility index (Phi) is 4.32. The second-order valence-electron chi connectivity index (χ2n) is 1.98. The fourth-order valence-corrected chi connectivity index (χ4v) is 1.22. The Morgan fingerprint density at radius 3 is 2.60 bits per heavy atom. The van der Waals surface area contributed by atoms with Crippen LogP contribution in [0.15, 0.2) is 0 Å². The number of nitrogens with one attached hydrogen (secondary N) is 1. The summed E-state index contributed by atoms with van der Waals surface area (Å²) >= 11 is 0. The van der Waals surface area contributed by atoms with E-state index in [4.69, 9.17) is 5.11 Å². The Labute approximate surface area is 60.5 Å². The maximum atomic E-state index is 10.7. The lowest BCUT2D eigenvalue weighted by Crippen LogP contribution is -2.28. The topological polar surface area (TPSA) is 66.4 Å². The summed E-state index contributed by atoms with van der Waals surface area (Å²) in [5, 5.41) is 10.8. The molecule has 0 aliphatic carbocycles. The van der Waals surface area contributed by atoms with Gasteiger partial charge in [0.05, 0.1) is 0 Å². The first-order valence-electron chi connectivity index (χ1n) is 3.10. The molecule has 1 unspecified atom stereocenters. The maximum Gasteiger partial charge on any atom is 0.320 e. The first kappa shape index (κ1) is 9.66. The van der Waals surface area contributed by atoms with Crippen LogP contribution in [0, 0.1) is 0 Å². The Morgan fingerprint density at radius 2 is 2.30 bits per heavy atom. The van der Waals surface area contributed by atoms with Crippen molar-refractivity contribution in [2.24, 2.45) is 0 Å². The number of hydrogen-bond acceptors (Lipinski definition) is 2. The summed E-state index contributed by atoms with van der Waals surface area (Å²) in [4.78, 5) is 10.2. The van der Waals surface area contributed by atoms with Crippen LogP contribution in [0.1, 0.15) is 13.8 Å². The predicted molar refractivity (Wildman–Crippen MR) is 39.8 cm³/mol. The predicted octanol–water partition coefficient (Wildman–Crippen LogP) is 0.544. The quantitative estimate of drug-likeness (QED) is 0.597. The normalized spacial score (nSPS) is 16.2. The maximum absolute atomic E-state index is 10.7. The van der Waals surface area contributed by atoms with Gasteiger partial charge in [-0.2, -0.15) is 0 Å². The van der Waals surface area contributed by atoms with Crippen LogP contribution in [-0.2, 0) is 9.36 Å².